The van der Waals surface area contributed by atoms with Crippen molar-refractivity contribution in [3.05, 3.63) is 34.6 Å². The van der Waals surface area contributed by atoms with E-state index in [-0.39, 0.29) is 10.9 Å². The Kier molecular flexibility index (Phi) is 5.19. The van der Waals surface area contributed by atoms with Crippen LogP contribution in [0.25, 0.3) is 0 Å². The van der Waals surface area contributed by atoms with Crippen LogP contribution in [0, 0.1) is 5.82 Å². The smallest absolute Gasteiger partial charge is 0.244 e. The van der Waals surface area contributed by atoms with Crippen molar-refractivity contribution in [2.75, 3.05) is 47.3 Å². The number of hydrogen-bond acceptors (Lipinski definition) is 3. The van der Waals surface area contributed by atoms with Crippen LogP contribution in [-0.4, -0.2) is 67.9 Å². The molecule has 1 aliphatic heterocycles. The van der Waals surface area contributed by atoms with Crippen LogP contribution in [0.4, 0.5) is 4.39 Å². The zero-order valence-electron chi connectivity index (χ0n) is 12.6. The van der Waals surface area contributed by atoms with Crippen LogP contribution in [0.3, 0.4) is 0 Å². The van der Waals surface area contributed by atoms with Crippen LogP contribution in [-0.2, 0) is 4.79 Å². The van der Waals surface area contributed by atoms with Crippen molar-refractivity contribution in [1.82, 2.24) is 14.7 Å². The second kappa shape index (κ2) is 6.73. The van der Waals surface area contributed by atoms with E-state index in [4.69, 9.17) is 11.6 Å². The summed E-state index contributed by atoms with van der Waals surface area (Å²) in [6, 6.07) is 4.03. The highest BCUT2D eigenvalue weighted by molar-refractivity contribution is 6.30. The minimum absolute atomic E-state index is 0.0378. The lowest BCUT2D eigenvalue weighted by Gasteiger charge is -2.36. The maximum absolute atomic E-state index is 13.3. The number of benzene rings is 1. The van der Waals surface area contributed by atoms with Crippen molar-refractivity contribution in [3.8, 4) is 0 Å². The Hall–Kier alpha value is -1.17. The number of likely N-dealkylation sites (N-methyl/N-ethyl adjacent to an activating group) is 2. The molecule has 6 heteroatoms. The molecule has 1 atom stereocenters. The van der Waals surface area contributed by atoms with Gasteiger partial charge in [0.15, 0.2) is 0 Å². The molecule has 0 aromatic heterocycles. The van der Waals surface area contributed by atoms with Crippen molar-refractivity contribution in [3.63, 3.8) is 0 Å². The minimum atomic E-state index is -0.468. The van der Waals surface area contributed by atoms with Gasteiger partial charge in [-0.25, -0.2) is 4.39 Å². The Balaban J connectivity index is 2.22. The van der Waals surface area contributed by atoms with E-state index in [9.17, 15) is 9.18 Å². The summed E-state index contributed by atoms with van der Waals surface area (Å²) >= 11 is 5.85. The molecule has 1 aliphatic rings. The van der Waals surface area contributed by atoms with Crippen LogP contribution >= 0.6 is 11.6 Å². The predicted octanol–water partition coefficient (Wildman–Crippen LogP) is 1.86. The van der Waals surface area contributed by atoms with Gasteiger partial charge >= 0.3 is 0 Å². The van der Waals surface area contributed by atoms with Gasteiger partial charge in [-0.3, -0.25) is 9.69 Å². The average Bonchev–Trinajstić information content (AvgIpc) is 2.43. The van der Waals surface area contributed by atoms with Gasteiger partial charge in [-0.2, -0.15) is 0 Å². The summed E-state index contributed by atoms with van der Waals surface area (Å²) in [5, 5.41) is 0.0468. The molecule has 21 heavy (non-hydrogen) atoms. The van der Waals surface area contributed by atoms with Gasteiger partial charge in [0.25, 0.3) is 0 Å². The number of piperazine rings is 1. The molecule has 0 radical (unpaired) electrons. The number of nitrogens with zero attached hydrogens (tertiary/aromatic N) is 3. The van der Waals surface area contributed by atoms with Crippen LogP contribution in [0.15, 0.2) is 18.2 Å². The van der Waals surface area contributed by atoms with Crippen molar-refractivity contribution in [1.29, 1.82) is 0 Å². The Labute approximate surface area is 130 Å². The summed E-state index contributed by atoms with van der Waals surface area (Å²) in [4.78, 5) is 18.7. The fourth-order valence-electron chi connectivity index (χ4n) is 2.54. The summed E-state index contributed by atoms with van der Waals surface area (Å²) < 4.78 is 13.3. The molecule has 0 N–H and O–H groups in total. The van der Waals surface area contributed by atoms with E-state index < -0.39 is 11.9 Å². The molecule has 116 valence electrons. The van der Waals surface area contributed by atoms with Gasteiger partial charge in [0, 0.05) is 26.2 Å². The number of carbonyl (C=O) groups excluding carboxylic acids is 1. The monoisotopic (exact) mass is 313 g/mol. The Morgan fingerprint density at radius 3 is 2.43 bits per heavy atom. The molecule has 1 unspecified atom stereocenters. The van der Waals surface area contributed by atoms with E-state index in [1.807, 2.05) is 30.9 Å². The molecule has 1 saturated heterocycles. The number of rotatable bonds is 3. The van der Waals surface area contributed by atoms with E-state index in [1.165, 1.54) is 12.1 Å². The van der Waals surface area contributed by atoms with E-state index in [0.717, 1.165) is 18.7 Å². The third kappa shape index (κ3) is 3.73. The molecule has 1 fully saturated rings. The predicted molar refractivity (Wildman–Crippen MR) is 81.9 cm³/mol. The molecule has 0 spiro atoms. The van der Waals surface area contributed by atoms with Crippen molar-refractivity contribution in [2.24, 2.45) is 0 Å². The van der Waals surface area contributed by atoms with E-state index >= 15 is 0 Å². The molecule has 2 rings (SSSR count). The second-order valence-electron chi connectivity index (χ2n) is 5.67. The average molecular weight is 314 g/mol. The zero-order valence-corrected chi connectivity index (χ0v) is 13.4. The van der Waals surface area contributed by atoms with Gasteiger partial charge in [-0.1, -0.05) is 17.7 Å². The fraction of sp³-hybridized carbons (Fsp3) is 0.533. The van der Waals surface area contributed by atoms with Crippen LogP contribution < -0.4 is 0 Å². The van der Waals surface area contributed by atoms with E-state index in [0.29, 0.717) is 13.1 Å². The van der Waals surface area contributed by atoms with Gasteiger partial charge in [0.1, 0.15) is 11.9 Å². The molecule has 1 aromatic rings. The fourth-order valence-corrected chi connectivity index (χ4v) is 2.73. The number of hydrogen-bond donors (Lipinski definition) is 0. The molecule has 0 saturated carbocycles. The highest BCUT2D eigenvalue weighted by Crippen LogP contribution is 2.26. The maximum atomic E-state index is 13.3. The molecule has 4 nitrogen and oxygen atoms in total. The van der Waals surface area contributed by atoms with Crippen LogP contribution in [0.1, 0.15) is 11.6 Å². The Morgan fingerprint density at radius 1 is 1.29 bits per heavy atom. The van der Waals surface area contributed by atoms with Gasteiger partial charge in [-0.15, -0.1) is 0 Å². The lowest BCUT2D eigenvalue weighted by Crippen LogP contribution is -2.50. The topological polar surface area (TPSA) is 26.8 Å². The number of amides is 1. The SMILES string of the molecule is CN1CCN(C(=O)C(c2ccc(F)c(Cl)c2)N(C)C)CC1. The van der Waals surface area contributed by atoms with Crippen molar-refractivity contribution < 1.29 is 9.18 Å². The molecule has 1 heterocycles. The van der Waals surface area contributed by atoms with Crippen molar-refractivity contribution >= 4 is 17.5 Å². The van der Waals surface area contributed by atoms with Gasteiger partial charge < -0.3 is 9.80 Å². The molecule has 0 aliphatic carbocycles. The lowest BCUT2D eigenvalue weighted by atomic mass is 10.0. The molecular formula is C15H21ClFN3O. The molecule has 1 amide bonds. The maximum Gasteiger partial charge on any atom is 0.244 e. The number of halogens is 2. The first kappa shape index (κ1) is 16.2. The largest absolute Gasteiger partial charge is 0.338 e. The van der Waals surface area contributed by atoms with Gasteiger partial charge in [0.2, 0.25) is 5.91 Å². The molecular weight excluding hydrogens is 293 g/mol. The Bertz CT molecular complexity index is 516. The van der Waals surface area contributed by atoms with Crippen LogP contribution in [0.5, 0.6) is 0 Å². The Morgan fingerprint density at radius 2 is 1.90 bits per heavy atom. The van der Waals surface area contributed by atoms with Crippen LogP contribution in [0.2, 0.25) is 5.02 Å². The lowest BCUT2D eigenvalue weighted by molar-refractivity contribution is -0.138. The standard InChI is InChI=1S/C15H21ClFN3O/c1-18(2)14(11-4-5-13(17)12(16)10-11)15(21)20-8-6-19(3)7-9-20/h4-5,10,14H,6-9H2,1-3H3. The molecule has 0 bridgehead atoms. The van der Waals surface area contributed by atoms with Gasteiger partial charge in [-0.05, 0) is 38.8 Å². The second-order valence-corrected chi connectivity index (χ2v) is 6.08. The third-order valence-corrected chi connectivity index (χ3v) is 4.11. The first-order valence-electron chi connectivity index (χ1n) is 6.99. The normalized spacial score (nSPS) is 18.1. The number of carbonyl (C=O) groups is 1. The highest BCUT2D eigenvalue weighted by atomic mass is 35.5. The minimum Gasteiger partial charge on any atom is -0.338 e. The highest BCUT2D eigenvalue weighted by Gasteiger charge is 2.29. The zero-order chi connectivity index (χ0) is 15.6. The first-order chi connectivity index (χ1) is 9.90. The first-order valence-corrected chi connectivity index (χ1v) is 7.36. The molecule has 1 aromatic carbocycles. The summed E-state index contributed by atoms with van der Waals surface area (Å²) in [5.41, 5.74) is 0.718. The van der Waals surface area contributed by atoms with E-state index in [1.54, 1.807) is 6.07 Å². The van der Waals surface area contributed by atoms with E-state index in [2.05, 4.69) is 4.90 Å². The summed E-state index contributed by atoms with van der Waals surface area (Å²) in [6.45, 7) is 3.18. The third-order valence-electron chi connectivity index (χ3n) is 3.82. The summed E-state index contributed by atoms with van der Waals surface area (Å²) in [7, 11) is 5.73. The quantitative estimate of drug-likeness (QED) is 0.852. The van der Waals surface area contributed by atoms with Gasteiger partial charge in [0.05, 0.1) is 5.02 Å². The summed E-state index contributed by atoms with van der Waals surface area (Å²) in [6.07, 6.45) is 0. The summed E-state index contributed by atoms with van der Waals surface area (Å²) in [5.74, 6) is -0.430. The van der Waals surface area contributed by atoms with Crippen molar-refractivity contribution in [2.45, 2.75) is 6.04 Å².